The van der Waals surface area contributed by atoms with Crippen LogP contribution in [0.25, 0.3) is 0 Å². The number of amides is 1. The van der Waals surface area contributed by atoms with Gasteiger partial charge in [0.2, 0.25) is 0 Å². The summed E-state index contributed by atoms with van der Waals surface area (Å²) >= 11 is 0. The number of benzene rings is 1. The zero-order chi connectivity index (χ0) is 12.5. The summed E-state index contributed by atoms with van der Waals surface area (Å²) < 4.78 is 9.67. The van der Waals surface area contributed by atoms with Crippen molar-refractivity contribution in [2.45, 2.75) is 6.61 Å². The molecule has 0 fully saturated rings. The van der Waals surface area contributed by atoms with E-state index in [0.29, 0.717) is 0 Å². The molecule has 17 heavy (non-hydrogen) atoms. The van der Waals surface area contributed by atoms with Crippen LogP contribution in [0.15, 0.2) is 36.9 Å². The normalized spacial score (nSPS) is 9.47. The van der Waals surface area contributed by atoms with E-state index >= 15 is 0 Å². The van der Waals surface area contributed by atoms with Crippen LogP contribution in [0.4, 0.5) is 4.79 Å². The van der Waals surface area contributed by atoms with Crippen molar-refractivity contribution < 1.29 is 19.1 Å². The van der Waals surface area contributed by atoms with Gasteiger partial charge in [-0.15, -0.1) is 0 Å². The molecule has 0 aliphatic carbocycles. The van der Waals surface area contributed by atoms with Crippen LogP contribution in [0.3, 0.4) is 0 Å². The molecule has 0 bridgehead atoms. The first kappa shape index (κ1) is 13.1. The van der Waals surface area contributed by atoms with Crippen molar-refractivity contribution >= 4 is 6.09 Å². The maximum atomic E-state index is 11.0. The molecule has 1 amide bonds. The van der Waals surface area contributed by atoms with Crippen molar-refractivity contribution in [1.82, 2.24) is 5.48 Å². The zero-order valence-electron chi connectivity index (χ0n) is 9.64. The van der Waals surface area contributed by atoms with Crippen LogP contribution >= 0.6 is 0 Å². The highest BCUT2D eigenvalue weighted by Crippen LogP contribution is 2.11. The Bertz CT molecular complexity index is 361. The molecule has 0 aliphatic heterocycles. The molecule has 1 aromatic rings. The minimum atomic E-state index is -0.640. The minimum Gasteiger partial charge on any atom is -0.497 e. The maximum Gasteiger partial charge on any atom is 0.431 e. The van der Waals surface area contributed by atoms with E-state index < -0.39 is 6.09 Å². The third-order valence-corrected chi connectivity index (χ3v) is 1.89. The lowest BCUT2D eigenvalue weighted by Gasteiger charge is -2.06. The van der Waals surface area contributed by atoms with Gasteiger partial charge in [-0.25, -0.2) is 4.79 Å². The molecule has 5 nitrogen and oxygen atoms in total. The third kappa shape index (κ3) is 5.03. The summed E-state index contributed by atoms with van der Waals surface area (Å²) in [4.78, 5) is 15.9. The topological polar surface area (TPSA) is 56.8 Å². The summed E-state index contributed by atoms with van der Waals surface area (Å²) in [5, 5.41) is 0. The van der Waals surface area contributed by atoms with Crippen LogP contribution in [0.5, 0.6) is 5.75 Å². The van der Waals surface area contributed by atoms with Crippen LogP contribution in [0.1, 0.15) is 5.56 Å². The minimum absolute atomic E-state index is 0.151. The molecule has 0 unspecified atom stereocenters. The SMILES string of the molecule is C=CCOC(=O)NOCc1ccc(OC)cc1. The van der Waals surface area contributed by atoms with Gasteiger partial charge in [-0.1, -0.05) is 24.8 Å². The highest BCUT2D eigenvalue weighted by molar-refractivity contribution is 5.65. The van der Waals surface area contributed by atoms with Crippen LogP contribution in [-0.4, -0.2) is 19.8 Å². The number of carbonyl (C=O) groups excluding carboxylic acids is 1. The van der Waals surface area contributed by atoms with Crippen LogP contribution < -0.4 is 10.2 Å². The van der Waals surface area contributed by atoms with E-state index in [-0.39, 0.29) is 13.2 Å². The molecule has 0 saturated carbocycles. The van der Waals surface area contributed by atoms with E-state index in [1.807, 2.05) is 24.3 Å². The van der Waals surface area contributed by atoms with Gasteiger partial charge in [0.25, 0.3) is 0 Å². The van der Waals surface area contributed by atoms with Gasteiger partial charge in [0, 0.05) is 0 Å². The Kier molecular flexibility index (Phi) is 5.60. The predicted octanol–water partition coefficient (Wildman–Crippen LogP) is 2.04. The van der Waals surface area contributed by atoms with Crippen molar-refractivity contribution in [1.29, 1.82) is 0 Å². The second kappa shape index (κ2) is 7.29. The number of hydrogen-bond donors (Lipinski definition) is 1. The molecule has 5 heteroatoms. The van der Waals surface area contributed by atoms with E-state index in [9.17, 15) is 4.79 Å². The average Bonchev–Trinajstić information content (AvgIpc) is 2.37. The second-order valence-electron chi connectivity index (χ2n) is 3.13. The Morgan fingerprint density at radius 3 is 2.71 bits per heavy atom. The molecule has 0 spiro atoms. The summed E-state index contributed by atoms with van der Waals surface area (Å²) in [5.41, 5.74) is 3.07. The Morgan fingerprint density at radius 1 is 1.41 bits per heavy atom. The van der Waals surface area contributed by atoms with E-state index in [0.717, 1.165) is 11.3 Å². The van der Waals surface area contributed by atoms with Gasteiger partial charge in [-0.05, 0) is 17.7 Å². The van der Waals surface area contributed by atoms with E-state index in [2.05, 4.69) is 16.8 Å². The van der Waals surface area contributed by atoms with Gasteiger partial charge in [0.1, 0.15) is 12.4 Å². The number of carbonyl (C=O) groups is 1. The first-order valence-corrected chi connectivity index (χ1v) is 5.04. The molecule has 1 N–H and O–H groups in total. The molecule has 1 rings (SSSR count). The fourth-order valence-corrected chi connectivity index (χ4v) is 1.06. The largest absolute Gasteiger partial charge is 0.497 e. The number of hydrogen-bond acceptors (Lipinski definition) is 4. The van der Waals surface area contributed by atoms with Crippen LogP contribution in [0, 0.1) is 0 Å². The molecule has 1 aromatic carbocycles. The molecule has 0 saturated heterocycles. The smallest absolute Gasteiger partial charge is 0.431 e. The summed E-state index contributed by atoms with van der Waals surface area (Å²) in [6.45, 7) is 3.83. The van der Waals surface area contributed by atoms with Gasteiger partial charge in [-0.3, -0.25) is 4.84 Å². The molecule has 92 valence electrons. The van der Waals surface area contributed by atoms with Crippen molar-refractivity contribution in [3.05, 3.63) is 42.5 Å². The summed E-state index contributed by atoms with van der Waals surface area (Å²) in [6, 6.07) is 7.31. The predicted molar refractivity (Wildman–Crippen MR) is 62.5 cm³/mol. The quantitative estimate of drug-likeness (QED) is 0.607. The molecule has 0 aliphatic rings. The molecule has 0 heterocycles. The van der Waals surface area contributed by atoms with Crippen molar-refractivity contribution in [2.24, 2.45) is 0 Å². The zero-order valence-corrected chi connectivity index (χ0v) is 9.64. The van der Waals surface area contributed by atoms with E-state index in [1.54, 1.807) is 7.11 Å². The lowest BCUT2D eigenvalue weighted by Crippen LogP contribution is -2.24. The first-order chi connectivity index (χ1) is 8.26. The van der Waals surface area contributed by atoms with Gasteiger partial charge in [0.05, 0.1) is 13.7 Å². The second-order valence-corrected chi connectivity index (χ2v) is 3.13. The Balaban J connectivity index is 2.25. The van der Waals surface area contributed by atoms with Gasteiger partial charge >= 0.3 is 6.09 Å². The van der Waals surface area contributed by atoms with E-state index in [1.165, 1.54) is 6.08 Å². The van der Waals surface area contributed by atoms with Crippen LogP contribution in [-0.2, 0) is 16.2 Å². The van der Waals surface area contributed by atoms with Crippen molar-refractivity contribution in [2.75, 3.05) is 13.7 Å². The monoisotopic (exact) mass is 237 g/mol. The standard InChI is InChI=1S/C12H15NO4/c1-3-8-16-12(14)13-17-9-10-4-6-11(15-2)7-5-10/h3-7H,1,8-9H2,2H3,(H,13,14). The Hall–Kier alpha value is -2.01. The number of hydroxylamine groups is 1. The van der Waals surface area contributed by atoms with Gasteiger partial charge in [-0.2, -0.15) is 5.48 Å². The number of nitrogens with one attached hydrogen (secondary N) is 1. The van der Waals surface area contributed by atoms with Crippen LogP contribution in [0.2, 0.25) is 0 Å². The summed E-state index contributed by atoms with van der Waals surface area (Å²) in [5.74, 6) is 0.770. The van der Waals surface area contributed by atoms with Crippen molar-refractivity contribution in [3.8, 4) is 5.75 Å². The number of ether oxygens (including phenoxy) is 2. The number of rotatable bonds is 6. The first-order valence-electron chi connectivity index (χ1n) is 5.04. The lowest BCUT2D eigenvalue weighted by molar-refractivity contribution is 0.0215. The fourth-order valence-electron chi connectivity index (χ4n) is 1.06. The third-order valence-electron chi connectivity index (χ3n) is 1.89. The fraction of sp³-hybridized carbons (Fsp3) is 0.250. The number of methoxy groups -OCH3 is 1. The van der Waals surface area contributed by atoms with Gasteiger partial charge in [0.15, 0.2) is 0 Å². The molecular weight excluding hydrogens is 222 g/mol. The Labute approximate surface area is 99.9 Å². The lowest BCUT2D eigenvalue weighted by atomic mass is 10.2. The molecule has 0 atom stereocenters. The molecule has 0 radical (unpaired) electrons. The van der Waals surface area contributed by atoms with E-state index in [4.69, 9.17) is 9.57 Å². The highest BCUT2D eigenvalue weighted by Gasteiger charge is 2.00. The van der Waals surface area contributed by atoms with Gasteiger partial charge < -0.3 is 9.47 Å². The summed E-state index contributed by atoms with van der Waals surface area (Å²) in [7, 11) is 1.60. The molecular formula is C12H15NO4. The summed E-state index contributed by atoms with van der Waals surface area (Å²) in [6.07, 6.45) is 0.835. The Morgan fingerprint density at radius 2 is 2.12 bits per heavy atom. The highest BCUT2D eigenvalue weighted by atomic mass is 16.7. The van der Waals surface area contributed by atoms with Crippen molar-refractivity contribution in [3.63, 3.8) is 0 Å². The maximum absolute atomic E-state index is 11.0. The average molecular weight is 237 g/mol. The molecule has 0 aromatic heterocycles.